The van der Waals surface area contributed by atoms with E-state index in [1.807, 2.05) is 18.2 Å². The van der Waals surface area contributed by atoms with Crippen molar-refractivity contribution < 1.29 is 14.3 Å². The van der Waals surface area contributed by atoms with Gasteiger partial charge in [-0.15, -0.1) is 0 Å². The van der Waals surface area contributed by atoms with E-state index in [2.05, 4.69) is 44.8 Å². The average molecular weight is 402 g/mol. The lowest BCUT2D eigenvalue weighted by Crippen LogP contribution is -2.10. The molecule has 30 heavy (non-hydrogen) atoms. The fraction of sp³-hybridized carbons (Fsp3) is 0.240. The number of esters is 1. The highest BCUT2D eigenvalue weighted by Crippen LogP contribution is 2.31. The van der Waals surface area contributed by atoms with Crippen LogP contribution < -0.4 is 5.32 Å². The van der Waals surface area contributed by atoms with E-state index >= 15 is 0 Å². The number of nitrogens with zero attached hydrogens (tertiary/aromatic N) is 1. The van der Waals surface area contributed by atoms with Gasteiger partial charge in [-0.2, -0.15) is 0 Å². The first-order valence-electron chi connectivity index (χ1n) is 9.89. The number of pyridine rings is 1. The second-order valence-corrected chi connectivity index (χ2v) is 8.03. The summed E-state index contributed by atoms with van der Waals surface area (Å²) in [5.74, 6) is -0.719. The standard InChI is InChI=1S/C25H26N2O3/c1-6-23(28)27-22-15-20(16-8-11-18(12-9-16)25(3,4)5)26-21-14-17(10-13-19(21)22)24(29)30-7-2/h6,8-15H,1,7H2,2-5H3,(H,26,27,28). The Hall–Kier alpha value is -3.47. The monoisotopic (exact) mass is 402 g/mol. The number of hydrogen-bond donors (Lipinski definition) is 1. The molecule has 5 nitrogen and oxygen atoms in total. The summed E-state index contributed by atoms with van der Waals surface area (Å²) in [5, 5.41) is 3.57. The maximum Gasteiger partial charge on any atom is 0.338 e. The Morgan fingerprint density at radius 1 is 1.10 bits per heavy atom. The number of fused-ring (bicyclic) bond motifs is 1. The van der Waals surface area contributed by atoms with E-state index in [1.54, 1.807) is 25.1 Å². The Labute approximate surface area is 176 Å². The predicted molar refractivity (Wildman–Crippen MR) is 121 cm³/mol. The number of amides is 1. The number of nitrogens with one attached hydrogen (secondary N) is 1. The van der Waals surface area contributed by atoms with Gasteiger partial charge in [0.15, 0.2) is 0 Å². The van der Waals surface area contributed by atoms with Crippen LogP contribution in [-0.2, 0) is 14.9 Å². The highest BCUT2D eigenvalue weighted by atomic mass is 16.5. The Kier molecular flexibility index (Phi) is 6.01. The van der Waals surface area contributed by atoms with Crippen LogP contribution >= 0.6 is 0 Å². The Balaban J connectivity index is 2.14. The van der Waals surface area contributed by atoms with Gasteiger partial charge in [-0.05, 0) is 48.2 Å². The van der Waals surface area contributed by atoms with Crippen LogP contribution in [-0.4, -0.2) is 23.5 Å². The van der Waals surface area contributed by atoms with Gasteiger partial charge in [-0.1, -0.05) is 51.6 Å². The fourth-order valence-corrected chi connectivity index (χ4v) is 3.15. The molecule has 0 saturated heterocycles. The number of aromatic nitrogens is 1. The topological polar surface area (TPSA) is 68.3 Å². The molecule has 0 spiro atoms. The molecule has 5 heteroatoms. The van der Waals surface area contributed by atoms with Gasteiger partial charge in [-0.25, -0.2) is 9.78 Å². The highest BCUT2D eigenvalue weighted by Gasteiger charge is 2.15. The van der Waals surface area contributed by atoms with Gasteiger partial charge in [0.1, 0.15) is 0 Å². The number of hydrogen-bond acceptors (Lipinski definition) is 4. The second kappa shape index (κ2) is 8.49. The third-order valence-electron chi connectivity index (χ3n) is 4.81. The van der Waals surface area contributed by atoms with Crippen molar-refractivity contribution in [3.8, 4) is 11.3 Å². The van der Waals surface area contributed by atoms with Crippen molar-refractivity contribution in [2.75, 3.05) is 11.9 Å². The van der Waals surface area contributed by atoms with Crippen LogP contribution in [0.2, 0.25) is 0 Å². The minimum Gasteiger partial charge on any atom is -0.462 e. The van der Waals surface area contributed by atoms with Crippen LogP contribution in [0.5, 0.6) is 0 Å². The van der Waals surface area contributed by atoms with E-state index in [-0.39, 0.29) is 11.3 Å². The summed E-state index contributed by atoms with van der Waals surface area (Å²) in [6.07, 6.45) is 1.22. The van der Waals surface area contributed by atoms with E-state index < -0.39 is 5.97 Å². The lowest BCUT2D eigenvalue weighted by Gasteiger charge is -2.19. The van der Waals surface area contributed by atoms with Crippen LogP contribution in [0.3, 0.4) is 0 Å². The van der Waals surface area contributed by atoms with Gasteiger partial charge in [0.05, 0.1) is 29.1 Å². The van der Waals surface area contributed by atoms with Crippen molar-refractivity contribution in [1.29, 1.82) is 0 Å². The van der Waals surface area contributed by atoms with Gasteiger partial charge in [0, 0.05) is 10.9 Å². The van der Waals surface area contributed by atoms with Crippen molar-refractivity contribution in [3.05, 3.63) is 72.3 Å². The number of carbonyl (C=O) groups is 2. The summed E-state index contributed by atoms with van der Waals surface area (Å²) in [4.78, 5) is 28.9. The first-order chi connectivity index (χ1) is 14.2. The van der Waals surface area contributed by atoms with Crippen molar-refractivity contribution >= 4 is 28.5 Å². The quantitative estimate of drug-likeness (QED) is 0.452. The summed E-state index contributed by atoms with van der Waals surface area (Å²) in [6, 6.07) is 15.1. The Morgan fingerprint density at radius 3 is 2.40 bits per heavy atom. The first-order valence-corrected chi connectivity index (χ1v) is 9.89. The molecule has 0 aliphatic heterocycles. The number of carbonyl (C=O) groups excluding carboxylic acids is 2. The van der Waals surface area contributed by atoms with Crippen molar-refractivity contribution in [3.63, 3.8) is 0 Å². The molecule has 0 aliphatic carbocycles. The lowest BCUT2D eigenvalue weighted by atomic mass is 9.86. The number of benzene rings is 2. The van der Waals surface area contributed by atoms with Gasteiger partial charge < -0.3 is 10.1 Å². The molecule has 0 aliphatic rings. The molecule has 1 amide bonds. The van der Waals surface area contributed by atoms with Gasteiger partial charge in [0.2, 0.25) is 5.91 Å². The summed E-state index contributed by atoms with van der Waals surface area (Å²) in [7, 11) is 0. The molecular weight excluding hydrogens is 376 g/mol. The molecular formula is C25H26N2O3. The number of ether oxygens (including phenoxy) is 1. The van der Waals surface area contributed by atoms with Gasteiger partial charge >= 0.3 is 5.97 Å². The maximum atomic E-state index is 12.2. The summed E-state index contributed by atoms with van der Waals surface area (Å²) >= 11 is 0. The molecule has 0 fully saturated rings. The Bertz CT molecular complexity index is 1110. The number of rotatable bonds is 5. The van der Waals surface area contributed by atoms with E-state index in [0.717, 1.165) is 10.9 Å². The molecule has 3 rings (SSSR count). The highest BCUT2D eigenvalue weighted by molar-refractivity contribution is 6.07. The van der Waals surface area contributed by atoms with Crippen molar-refractivity contribution in [2.24, 2.45) is 0 Å². The summed E-state index contributed by atoms with van der Waals surface area (Å²) < 4.78 is 5.10. The fourth-order valence-electron chi connectivity index (χ4n) is 3.15. The third kappa shape index (κ3) is 4.57. The van der Waals surface area contributed by atoms with Crippen LogP contribution in [0.25, 0.3) is 22.2 Å². The van der Waals surface area contributed by atoms with E-state index in [0.29, 0.717) is 29.1 Å². The van der Waals surface area contributed by atoms with Crippen molar-refractivity contribution in [1.82, 2.24) is 4.98 Å². The van der Waals surface area contributed by atoms with Crippen LogP contribution in [0.15, 0.2) is 61.2 Å². The molecule has 0 radical (unpaired) electrons. The zero-order valence-corrected chi connectivity index (χ0v) is 17.8. The number of anilines is 1. The van der Waals surface area contributed by atoms with Crippen LogP contribution in [0.1, 0.15) is 43.6 Å². The molecule has 154 valence electrons. The SMILES string of the molecule is C=CC(=O)Nc1cc(-c2ccc(C(C)(C)C)cc2)nc2cc(C(=O)OCC)ccc12. The molecule has 0 bridgehead atoms. The summed E-state index contributed by atoms with van der Waals surface area (Å²) in [6.45, 7) is 12.1. The molecule has 0 unspecified atom stereocenters. The second-order valence-electron chi connectivity index (χ2n) is 8.03. The molecule has 2 aromatic carbocycles. The van der Waals surface area contributed by atoms with Gasteiger partial charge in [0.25, 0.3) is 0 Å². The molecule has 3 aromatic rings. The first kappa shape index (κ1) is 21.2. The van der Waals surface area contributed by atoms with Gasteiger partial charge in [-0.3, -0.25) is 4.79 Å². The zero-order valence-electron chi connectivity index (χ0n) is 17.8. The summed E-state index contributed by atoms with van der Waals surface area (Å²) in [5.41, 5.74) is 4.50. The normalized spacial score (nSPS) is 11.2. The lowest BCUT2D eigenvalue weighted by molar-refractivity contribution is -0.111. The van der Waals surface area contributed by atoms with E-state index in [4.69, 9.17) is 9.72 Å². The predicted octanol–water partition coefficient (Wildman–Crippen LogP) is 5.50. The zero-order chi connectivity index (χ0) is 21.9. The minimum absolute atomic E-state index is 0.0486. The average Bonchev–Trinajstić information content (AvgIpc) is 2.72. The molecule has 0 atom stereocenters. The van der Waals surface area contributed by atoms with E-state index in [1.165, 1.54) is 11.6 Å². The molecule has 1 heterocycles. The molecule has 1 N–H and O–H groups in total. The molecule has 0 saturated carbocycles. The minimum atomic E-state index is -0.405. The molecule has 1 aromatic heterocycles. The maximum absolute atomic E-state index is 12.2. The largest absolute Gasteiger partial charge is 0.462 e. The van der Waals surface area contributed by atoms with Crippen LogP contribution in [0, 0.1) is 0 Å². The third-order valence-corrected chi connectivity index (χ3v) is 4.81. The van der Waals surface area contributed by atoms with E-state index in [9.17, 15) is 9.59 Å². The Morgan fingerprint density at radius 2 is 1.80 bits per heavy atom. The van der Waals surface area contributed by atoms with Crippen LogP contribution in [0.4, 0.5) is 5.69 Å². The smallest absolute Gasteiger partial charge is 0.338 e. The van der Waals surface area contributed by atoms with Crippen molar-refractivity contribution in [2.45, 2.75) is 33.1 Å².